The number of nitrogens with zero attached hydrogens (tertiary/aromatic N) is 1. The van der Waals surface area contributed by atoms with E-state index in [1.54, 1.807) is 31.3 Å². The highest BCUT2D eigenvalue weighted by atomic mass is 35.5. The van der Waals surface area contributed by atoms with E-state index in [0.29, 0.717) is 16.3 Å². The number of aromatic nitrogens is 1. The van der Waals surface area contributed by atoms with Gasteiger partial charge >= 0.3 is 0 Å². The lowest BCUT2D eigenvalue weighted by Gasteiger charge is -2.07. The van der Waals surface area contributed by atoms with Gasteiger partial charge in [-0.15, -0.1) is 0 Å². The van der Waals surface area contributed by atoms with Gasteiger partial charge in [-0.3, -0.25) is 9.59 Å². The van der Waals surface area contributed by atoms with E-state index in [1.165, 1.54) is 22.9 Å². The number of amides is 1. The Morgan fingerprint density at radius 2 is 1.94 bits per heavy atom. The van der Waals surface area contributed by atoms with Crippen LogP contribution >= 0.6 is 11.6 Å². The SMILES string of the molecule is Cn1cc(C(=O)Nc2ccccc2Cl)ccc1=O. The van der Waals surface area contributed by atoms with E-state index in [2.05, 4.69) is 5.32 Å². The molecule has 0 saturated carbocycles. The van der Waals surface area contributed by atoms with Crippen LogP contribution in [0.2, 0.25) is 5.02 Å². The van der Waals surface area contributed by atoms with E-state index in [4.69, 9.17) is 11.6 Å². The number of halogens is 1. The van der Waals surface area contributed by atoms with Crippen molar-refractivity contribution in [1.82, 2.24) is 4.57 Å². The molecular formula is C13H11ClN2O2. The monoisotopic (exact) mass is 262 g/mol. The minimum Gasteiger partial charge on any atom is -0.321 e. The lowest BCUT2D eigenvalue weighted by molar-refractivity contribution is 0.102. The Kier molecular flexibility index (Phi) is 3.48. The van der Waals surface area contributed by atoms with Crippen LogP contribution in [0, 0.1) is 0 Å². The molecule has 0 bridgehead atoms. The number of hydrogen-bond donors (Lipinski definition) is 1. The van der Waals surface area contributed by atoms with Crippen molar-refractivity contribution >= 4 is 23.2 Å². The molecule has 1 amide bonds. The molecule has 0 aliphatic carbocycles. The first-order valence-electron chi connectivity index (χ1n) is 5.30. The first-order valence-corrected chi connectivity index (χ1v) is 5.68. The largest absolute Gasteiger partial charge is 0.321 e. The van der Waals surface area contributed by atoms with Gasteiger partial charge in [0.15, 0.2) is 0 Å². The molecule has 92 valence electrons. The molecule has 0 saturated heterocycles. The van der Waals surface area contributed by atoms with E-state index < -0.39 is 0 Å². The second-order valence-corrected chi connectivity index (χ2v) is 4.21. The van der Waals surface area contributed by atoms with Crippen molar-refractivity contribution < 1.29 is 4.79 Å². The molecule has 0 aliphatic heterocycles. The average molecular weight is 263 g/mol. The number of rotatable bonds is 2. The minimum atomic E-state index is -0.307. The summed E-state index contributed by atoms with van der Waals surface area (Å²) in [5.74, 6) is -0.307. The van der Waals surface area contributed by atoms with Gasteiger partial charge in [-0.05, 0) is 18.2 Å². The Labute approximate surface area is 109 Å². The summed E-state index contributed by atoms with van der Waals surface area (Å²) in [6.45, 7) is 0. The predicted octanol–water partition coefficient (Wildman–Crippen LogP) is 2.29. The number of carbonyl (C=O) groups excluding carboxylic acids is 1. The highest BCUT2D eigenvalue weighted by molar-refractivity contribution is 6.33. The van der Waals surface area contributed by atoms with Gasteiger partial charge in [0.05, 0.1) is 16.3 Å². The lowest BCUT2D eigenvalue weighted by Crippen LogP contribution is -2.19. The second-order valence-electron chi connectivity index (χ2n) is 3.80. The van der Waals surface area contributed by atoms with Crippen LogP contribution in [0.1, 0.15) is 10.4 Å². The van der Waals surface area contributed by atoms with E-state index in [1.807, 2.05) is 0 Å². The molecule has 2 aromatic rings. The van der Waals surface area contributed by atoms with Crippen molar-refractivity contribution in [1.29, 1.82) is 0 Å². The summed E-state index contributed by atoms with van der Waals surface area (Å²) < 4.78 is 1.35. The van der Waals surface area contributed by atoms with Crippen molar-refractivity contribution in [3.8, 4) is 0 Å². The zero-order valence-electron chi connectivity index (χ0n) is 9.68. The number of para-hydroxylation sites is 1. The van der Waals surface area contributed by atoms with Crippen LogP contribution in [0.25, 0.3) is 0 Å². The fourth-order valence-corrected chi connectivity index (χ4v) is 1.67. The second kappa shape index (κ2) is 5.06. The van der Waals surface area contributed by atoms with Crippen LogP contribution in [0.4, 0.5) is 5.69 Å². The molecule has 18 heavy (non-hydrogen) atoms. The van der Waals surface area contributed by atoms with Gasteiger partial charge in [-0.25, -0.2) is 0 Å². The third-order valence-corrected chi connectivity index (χ3v) is 2.80. The Balaban J connectivity index is 2.25. The Morgan fingerprint density at radius 1 is 1.22 bits per heavy atom. The number of pyridine rings is 1. The van der Waals surface area contributed by atoms with Gasteiger partial charge in [0.2, 0.25) is 5.56 Å². The maximum absolute atomic E-state index is 11.9. The van der Waals surface area contributed by atoms with Crippen LogP contribution in [0.5, 0.6) is 0 Å². The van der Waals surface area contributed by atoms with Crippen LogP contribution in [0.15, 0.2) is 47.4 Å². The summed E-state index contributed by atoms with van der Waals surface area (Å²) in [6, 6.07) is 9.79. The van der Waals surface area contributed by atoms with Crippen LogP contribution < -0.4 is 10.9 Å². The van der Waals surface area contributed by atoms with E-state index in [9.17, 15) is 9.59 Å². The quantitative estimate of drug-likeness (QED) is 0.903. The first-order chi connectivity index (χ1) is 8.58. The highest BCUT2D eigenvalue weighted by Gasteiger charge is 2.08. The molecule has 1 aromatic heterocycles. The molecule has 1 N–H and O–H groups in total. The third kappa shape index (κ3) is 2.60. The number of benzene rings is 1. The summed E-state index contributed by atoms with van der Waals surface area (Å²) in [7, 11) is 1.59. The van der Waals surface area contributed by atoms with Gasteiger partial charge < -0.3 is 9.88 Å². The van der Waals surface area contributed by atoms with Crippen molar-refractivity contribution in [3.05, 3.63) is 63.5 Å². The van der Waals surface area contributed by atoms with Gasteiger partial charge in [-0.2, -0.15) is 0 Å². The molecule has 1 heterocycles. The smallest absolute Gasteiger partial charge is 0.257 e. The molecule has 2 rings (SSSR count). The van der Waals surface area contributed by atoms with Gasteiger partial charge in [0, 0.05) is 19.3 Å². The first kappa shape index (κ1) is 12.4. The molecule has 1 aromatic carbocycles. The maximum atomic E-state index is 11.9. The molecule has 0 aliphatic rings. The van der Waals surface area contributed by atoms with E-state index in [0.717, 1.165) is 0 Å². The molecule has 0 atom stereocenters. The molecule has 5 heteroatoms. The summed E-state index contributed by atoms with van der Waals surface area (Å²) >= 11 is 5.94. The number of nitrogens with one attached hydrogen (secondary N) is 1. The average Bonchev–Trinajstić information content (AvgIpc) is 2.35. The number of hydrogen-bond acceptors (Lipinski definition) is 2. The number of aryl methyl sites for hydroxylation is 1. The Hall–Kier alpha value is -2.07. The van der Waals surface area contributed by atoms with Crippen LogP contribution in [-0.4, -0.2) is 10.5 Å². The fraction of sp³-hybridized carbons (Fsp3) is 0.0769. The zero-order valence-corrected chi connectivity index (χ0v) is 10.4. The normalized spacial score (nSPS) is 10.1. The standard InChI is InChI=1S/C13H11ClN2O2/c1-16-8-9(6-7-12(16)17)13(18)15-11-5-3-2-4-10(11)14/h2-8H,1H3,(H,15,18). The van der Waals surface area contributed by atoms with Crippen LogP contribution in [0.3, 0.4) is 0 Å². The van der Waals surface area contributed by atoms with Crippen molar-refractivity contribution in [2.24, 2.45) is 7.05 Å². The number of anilines is 1. The van der Waals surface area contributed by atoms with Gasteiger partial charge in [0.25, 0.3) is 5.91 Å². The molecule has 0 spiro atoms. The summed E-state index contributed by atoms with van der Waals surface area (Å²) in [4.78, 5) is 23.2. The number of carbonyl (C=O) groups is 1. The lowest BCUT2D eigenvalue weighted by atomic mass is 10.2. The van der Waals surface area contributed by atoms with Gasteiger partial charge in [0.1, 0.15) is 0 Å². The Bertz CT molecular complexity index is 649. The van der Waals surface area contributed by atoms with E-state index >= 15 is 0 Å². The fourth-order valence-electron chi connectivity index (χ4n) is 1.49. The van der Waals surface area contributed by atoms with Crippen molar-refractivity contribution in [3.63, 3.8) is 0 Å². The predicted molar refractivity (Wildman–Crippen MR) is 71.1 cm³/mol. The molecular weight excluding hydrogens is 252 g/mol. The minimum absolute atomic E-state index is 0.163. The summed E-state index contributed by atoms with van der Waals surface area (Å²) in [5.41, 5.74) is 0.777. The molecule has 0 fully saturated rings. The zero-order chi connectivity index (χ0) is 13.1. The van der Waals surface area contributed by atoms with Crippen molar-refractivity contribution in [2.45, 2.75) is 0 Å². The van der Waals surface area contributed by atoms with Gasteiger partial charge in [-0.1, -0.05) is 23.7 Å². The topological polar surface area (TPSA) is 51.1 Å². The third-order valence-electron chi connectivity index (χ3n) is 2.47. The van der Waals surface area contributed by atoms with Crippen molar-refractivity contribution in [2.75, 3.05) is 5.32 Å². The van der Waals surface area contributed by atoms with Crippen LogP contribution in [-0.2, 0) is 7.05 Å². The maximum Gasteiger partial charge on any atom is 0.257 e. The van der Waals surface area contributed by atoms with E-state index in [-0.39, 0.29) is 11.5 Å². The summed E-state index contributed by atoms with van der Waals surface area (Å²) in [6.07, 6.45) is 1.48. The molecule has 0 radical (unpaired) electrons. The molecule has 4 nitrogen and oxygen atoms in total. The highest BCUT2D eigenvalue weighted by Crippen LogP contribution is 2.20. The summed E-state index contributed by atoms with van der Waals surface area (Å²) in [5, 5.41) is 3.16. The molecule has 0 unspecified atom stereocenters. The Morgan fingerprint density at radius 3 is 2.61 bits per heavy atom.